The third-order valence-corrected chi connectivity index (χ3v) is 5.66. The van der Waals surface area contributed by atoms with Crippen LogP contribution in [0.5, 0.6) is 0 Å². The maximum atomic E-state index is 6.05. The molecule has 1 aliphatic rings. The van der Waals surface area contributed by atoms with Crippen molar-refractivity contribution in [2.24, 2.45) is 0 Å². The number of nitrogens with one attached hydrogen (secondary N) is 1. The molecule has 1 aromatic heterocycles. The van der Waals surface area contributed by atoms with Crippen molar-refractivity contribution >= 4 is 23.3 Å². The Balaban J connectivity index is 1.93. The number of benzene rings is 2. The second-order valence-corrected chi connectivity index (χ2v) is 7.87. The molecule has 28 heavy (non-hydrogen) atoms. The summed E-state index contributed by atoms with van der Waals surface area (Å²) in [5, 5.41) is 7.38. The summed E-state index contributed by atoms with van der Waals surface area (Å²) >= 11 is 0. The summed E-state index contributed by atoms with van der Waals surface area (Å²) in [7, 11) is 8.29. The number of nitrogens with zero attached hydrogens (tertiary/aromatic N) is 3. The highest BCUT2D eigenvalue weighted by Crippen LogP contribution is 2.43. The van der Waals surface area contributed by atoms with Gasteiger partial charge in [-0.2, -0.15) is 5.10 Å². The third kappa shape index (κ3) is 2.93. The molecule has 0 fully saturated rings. The summed E-state index contributed by atoms with van der Waals surface area (Å²) in [6, 6.07) is 17.5. The number of anilines is 3. The maximum absolute atomic E-state index is 6.05. The second kappa shape index (κ2) is 6.75. The van der Waals surface area contributed by atoms with Gasteiger partial charge in [0.2, 0.25) is 0 Å². The molecule has 0 atom stereocenters. The fourth-order valence-electron chi connectivity index (χ4n) is 3.97. The van der Waals surface area contributed by atoms with Crippen LogP contribution in [0.25, 0.3) is 6.08 Å². The second-order valence-electron chi connectivity index (χ2n) is 7.87. The smallest absolute Gasteiger partial charge is 0.152 e. The lowest BCUT2D eigenvalue weighted by Gasteiger charge is -2.35. The standard InChI is InChI=1S/C23H27N5/c1-27(2)18-9-5-7-16(13-18)23(17-8-6-10-19(14-17)28(3)4)12-11-20-21(15-23)25-26-22(20)24/h5-14H,15H2,1-4H3,(H3,24,25,26). The number of rotatable bonds is 4. The van der Waals surface area contributed by atoms with Crippen LogP contribution in [-0.2, 0) is 11.8 Å². The molecule has 4 rings (SSSR count). The average Bonchev–Trinajstić information content (AvgIpc) is 3.08. The molecule has 0 radical (unpaired) electrons. The molecule has 1 heterocycles. The van der Waals surface area contributed by atoms with Crippen LogP contribution >= 0.6 is 0 Å². The van der Waals surface area contributed by atoms with E-state index in [1.807, 2.05) is 0 Å². The number of hydrogen-bond acceptors (Lipinski definition) is 4. The van der Waals surface area contributed by atoms with Gasteiger partial charge in [0.05, 0.1) is 0 Å². The largest absolute Gasteiger partial charge is 0.382 e. The van der Waals surface area contributed by atoms with Gasteiger partial charge < -0.3 is 15.5 Å². The van der Waals surface area contributed by atoms with Gasteiger partial charge in [-0.05, 0) is 35.4 Å². The zero-order valence-corrected chi connectivity index (χ0v) is 16.9. The summed E-state index contributed by atoms with van der Waals surface area (Å²) in [6.07, 6.45) is 5.18. The molecule has 0 amide bonds. The Kier molecular flexibility index (Phi) is 4.38. The molecule has 0 spiro atoms. The minimum atomic E-state index is -0.288. The Labute approximate surface area is 166 Å². The first-order valence-corrected chi connectivity index (χ1v) is 9.48. The summed E-state index contributed by atoms with van der Waals surface area (Å²) < 4.78 is 0. The lowest BCUT2D eigenvalue weighted by molar-refractivity contribution is 0.620. The van der Waals surface area contributed by atoms with Crippen LogP contribution in [0.2, 0.25) is 0 Å². The molecule has 2 aromatic carbocycles. The maximum Gasteiger partial charge on any atom is 0.152 e. The lowest BCUT2D eigenvalue weighted by atomic mass is 9.68. The first-order chi connectivity index (χ1) is 13.4. The normalized spacial score (nSPS) is 14.6. The van der Waals surface area contributed by atoms with Gasteiger partial charge in [-0.25, -0.2) is 0 Å². The molecule has 1 aliphatic carbocycles. The predicted octanol–water partition coefficient (Wildman–Crippen LogP) is 3.68. The van der Waals surface area contributed by atoms with Crippen LogP contribution in [0.4, 0.5) is 17.2 Å². The Morgan fingerprint density at radius 2 is 1.50 bits per heavy atom. The first-order valence-electron chi connectivity index (χ1n) is 9.48. The molecule has 5 nitrogen and oxygen atoms in total. The van der Waals surface area contributed by atoms with Gasteiger partial charge in [-0.15, -0.1) is 0 Å². The molecule has 0 saturated heterocycles. The number of H-pyrrole nitrogens is 1. The van der Waals surface area contributed by atoms with Crippen LogP contribution in [0.3, 0.4) is 0 Å². The van der Waals surface area contributed by atoms with E-state index in [1.165, 1.54) is 22.5 Å². The molecule has 0 aliphatic heterocycles. The minimum absolute atomic E-state index is 0.288. The van der Waals surface area contributed by atoms with Crippen molar-refractivity contribution in [3.63, 3.8) is 0 Å². The van der Waals surface area contributed by atoms with Crippen molar-refractivity contribution in [3.8, 4) is 0 Å². The summed E-state index contributed by atoms with van der Waals surface area (Å²) in [4.78, 5) is 4.28. The molecule has 0 unspecified atom stereocenters. The summed E-state index contributed by atoms with van der Waals surface area (Å²) in [5.41, 5.74) is 12.7. The first kappa shape index (κ1) is 18.2. The van der Waals surface area contributed by atoms with Crippen molar-refractivity contribution in [2.75, 3.05) is 43.7 Å². The SMILES string of the molecule is CN(C)c1cccc(C2(c3cccc(N(C)C)c3)C=Cc3c(N)n[nH]c3C2)c1. The van der Waals surface area contributed by atoms with Gasteiger partial charge in [-0.3, -0.25) is 5.10 Å². The van der Waals surface area contributed by atoms with Crippen LogP contribution in [-0.4, -0.2) is 38.4 Å². The van der Waals surface area contributed by atoms with E-state index in [0.29, 0.717) is 5.82 Å². The van der Waals surface area contributed by atoms with Crippen LogP contribution in [0, 0.1) is 0 Å². The topological polar surface area (TPSA) is 61.2 Å². The summed E-state index contributed by atoms with van der Waals surface area (Å²) in [6.45, 7) is 0. The van der Waals surface area contributed by atoms with E-state index < -0.39 is 0 Å². The van der Waals surface area contributed by atoms with Gasteiger partial charge >= 0.3 is 0 Å². The van der Waals surface area contributed by atoms with E-state index in [-0.39, 0.29) is 5.41 Å². The van der Waals surface area contributed by atoms with Crippen LogP contribution < -0.4 is 15.5 Å². The fourth-order valence-corrected chi connectivity index (χ4v) is 3.97. The van der Waals surface area contributed by atoms with E-state index in [0.717, 1.165) is 17.7 Å². The number of allylic oxidation sites excluding steroid dienone is 1. The molecule has 144 valence electrons. The monoisotopic (exact) mass is 373 g/mol. The van der Waals surface area contributed by atoms with Gasteiger partial charge in [0.25, 0.3) is 0 Å². The highest BCUT2D eigenvalue weighted by molar-refractivity contribution is 5.71. The van der Waals surface area contributed by atoms with E-state index in [1.54, 1.807) is 0 Å². The van der Waals surface area contributed by atoms with Crippen LogP contribution in [0.1, 0.15) is 22.4 Å². The van der Waals surface area contributed by atoms with Crippen molar-refractivity contribution in [1.29, 1.82) is 0 Å². The zero-order valence-electron chi connectivity index (χ0n) is 16.9. The van der Waals surface area contributed by atoms with E-state index in [4.69, 9.17) is 5.73 Å². The van der Waals surface area contributed by atoms with Crippen molar-refractivity contribution in [3.05, 3.63) is 77.0 Å². The molecule has 3 N–H and O–H groups in total. The Bertz CT molecular complexity index is 977. The highest BCUT2D eigenvalue weighted by Gasteiger charge is 2.36. The fraction of sp³-hybridized carbons (Fsp3) is 0.261. The average molecular weight is 374 g/mol. The van der Waals surface area contributed by atoms with E-state index in [2.05, 4.69) is 109 Å². The van der Waals surface area contributed by atoms with E-state index >= 15 is 0 Å². The number of nitrogen functional groups attached to an aromatic ring is 1. The molecule has 0 saturated carbocycles. The number of fused-ring (bicyclic) bond motifs is 1. The molecular formula is C23H27N5. The highest BCUT2D eigenvalue weighted by atomic mass is 15.2. The Morgan fingerprint density at radius 3 is 2.04 bits per heavy atom. The minimum Gasteiger partial charge on any atom is -0.382 e. The number of aromatic amines is 1. The summed E-state index contributed by atoms with van der Waals surface area (Å²) in [5.74, 6) is 0.559. The quantitative estimate of drug-likeness (QED) is 0.732. The molecular weight excluding hydrogens is 346 g/mol. The van der Waals surface area contributed by atoms with Gasteiger partial charge in [0, 0.05) is 62.7 Å². The lowest BCUT2D eigenvalue weighted by Crippen LogP contribution is -2.31. The Hall–Kier alpha value is -3.21. The third-order valence-electron chi connectivity index (χ3n) is 5.66. The van der Waals surface area contributed by atoms with Gasteiger partial charge in [0.1, 0.15) is 0 Å². The van der Waals surface area contributed by atoms with Crippen molar-refractivity contribution in [2.45, 2.75) is 11.8 Å². The van der Waals surface area contributed by atoms with Crippen LogP contribution in [0.15, 0.2) is 54.6 Å². The number of nitrogens with two attached hydrogens (primary N) is 1. The zero-order chi connectivity index (χ0) is 19.9. The van der Waals surface area contributed by atoms with Gasteiger partial charge in [0.15, 0.2) is 5.82 Å². The molecule has 5 heteroatoms. The Morgan fingerprint density at radius 1 is 0.929 bits per heavy atom. The van der Waals surface area contributed by atoms with Crippen molar-refractivity contribution in [1.82, 2.24) is 10.2 Å². The number of hydrogen-bond donors (Lipinski definition) is 2. The van der Waals surface area contributed by atoms with E-state index in [9.17, 15) is 0 Å². The molecule has 0 bridgehead atoms. The number of aromatic nitrogens is 2. The predicted molar refractivity (Wildman–Crippen MR) is 118 cm³/mol. The van der Waals surface area contributed by atoms with Gasteiger partial charge in [-0.1, -0.05) is 36.4 Å². The van der Waals surface area contributed by atoms with Crippen molar-refractivity contribution < 1.29 is 0 Å². The molecule has 3 aromatic rings.